The Morgan fingerprint density at radius 1 is 1.60 bits per heavy atom. The largest absolute Gasteiger partial charge is 0.388 e. The van der Waals surface area contributed by atoms with Crippen molar-refractivity contribution in [2.24, 2.45) is 5.73 Å². The third-order valence-corrected chi connectivity index (χ3v) is 1.88. The normalized spacial score (nSPS) is 12.2. The second-order valence-electron chi connectivity index (χ2n) is 2.15. The van der Waals surface area contributed by atoms with Crippen LogP contribution in [0.3, 0.4) is 0 Å². The summed E-state index contributed by atoms with van der Waals surface area (Å²) in [5, 5.41) is 2.99. The molecular formula is C6H12N2S2. The molecule has 0 aliphatic carbocycles. The van der Waals surface area contributed by atoms with Gasteiger partial charge in [0.15, 0.2) is 0 Å². The monoisotopic (exact) mass is 176 g/mol. The molecule has 58 valence electrons. The molecule has 0 aromatic rings. The van der Waals surface area contributed by atoms with Crippen LogP contribution in [0.15, 0.2) is 0 Å². The van der Waals surface area contributed by atoms with Crippen LogP contribution in [0.25, 0.3) is 0 Å². The molecule has 0 saturated heterocycles. The minimum atomic E-state index is 0.273. The summed E-state index contributed by atoms with van der Waals surface area (Å²) < 4.78 is 0. The molecule has 0 aromatic heterocycles. The lowest BCUT2D eigenvalue weighted by Crippen LogP contribution is -2.38. The van der Waals surface area contributed by atoms with Gasteiger partial charge < -0.3 is 11.1 Å². The van der Waals surface area contributed by atoms with Crippen LogP contribution in [0.2, 0.25) is 0 Å². The van der Waals surface area contributed by atoms with E-state index in [4.69, 9.17) is 18.0 Å². The highest BCUT2D eigenvalue weighted by Crippen LogP contribution is 1.88. The van der Waals surface area contributed by atoms with Crippen molar-refractivity contribution in [1.29, 1.82) is 0 Å². The van der Waals surface area contributed by atoms with Crippen molar-refractivity contribution in [3.05, 3.63) is 0 Å². The van der Waals surface area contributed by atoms with Gasteiger partial charge in [-0.25, -0.2) is 0 Å². The molecule has 0 rings (SSSR count). The van der Waals surface area contributed by atoms with Gasteiger partial charge in [-0.05, 0) is 13.3 Å². The Morgan fingerprint density at radius 3 is 2.40 bits per heavy atom. The Labute approximate surface area is 72.2 Å². The Balaban J connectivity index is 3.68. The molecule has 0 fully saturated rings. The minimum absolute atomic E-state index is 0.273. The fourth-order valence-corrected chi connectivity index (χ4v) is 0.657. The van der Waals surface area contributed by atoms with E-state index in [1.807, 2.05) is 6.92 Å². The summed E-state index contributed by atoms with van der Waals surface area (Å²) in [6, 6.07) is 0.356. The number of rotatable bonds is 2. The van der Waals surface area contributed by atoms with E-state index in [2.05, 4.69) is 24.5 Å². The summed E-state index contributed by atoms with van der Waals surface area (Å²) in [6.45, 7) is 4.10. The SMILES string of the molecule is CCC(C)NC(=S)C(N)=S. The van der Waals surface area contributed by atoms with Crippen molar-refractivity contribution in [3.63, 3.8) is 0 Å². The van der Waals surface area contributed by atoms with Gasteiger partial charge in [0.1, 0.15) is 9.98 Å². The summed E-state index contributed by atoms with van der Waals surface area (Å²) in [4.78, 5) is 0.764. The smallest absolute Gasteiger partial charge is 0.134 e. The fraction of sp³-hybridized carbons (Fsp3) is 0.667. The molecule has 0 aliphatic rings. The van der Waals surface area contributed by atoms with Crippen LogP contribution in [-0.4, -0.2) is 16.0 Å². The van der Waals surface area contributed by atoms with Crippen molar-refractivity contribution in [3.8, 4) is 0 Å². The molecule has 0 radical (unpaired) electrons. The van der Waals surface area contributed by atoms with Crippen molar-refractivity contribution < 1.29 is 0 Å². The molecule has 1 atom stereocenters. The van der Waals surface area contributed by atoms with Crippen LogP contribution < -0.4 is 11.1 Å². The maximum absolute atomic E-state index is 5.27. The van der Waals surface area contributed by atoms with Gasteiger partial charge in [0, 0.05) is 6.04 Å². The van der Waals surface area contributed by atoms with E-state index in [0.717, 1.165) is 6.42 Å². The number of hydrogen-bond donors (Lipinski definition) is 2. The molecule has 0 saturated carbocycles. The zero-order valence-corrected chi connectivity index (χ0v) is 7.81. The van der Waals surface area contributed by atoms with E-state index in [1.165, 1.54) is 0 Å². The number of nitrogens with one attached hydrogen (secondary N) is 1. The molecule has 0 bridgehead atoms. The summed E-state index contributed by atoms with van der Waals surface area (Å²) >= 11 is 9.50. The van der Waals surface area contributed by atoms with Crippen LogP contribution in [-0.2, 0) is 0 Å². The van der Waals surface area contributed by atoms with Gasteiger partial charge in [0.25, 0.3) is 0 Å². The molecule has 3 N–H and O–H groups in total. The van der Waals surface area contributed by atoms with Crippen molar-refractivity contribution in [2.75, 3.05) is 0 Å². The molecule has 2 nitrogen and oxygen atoms in total. The first-order valence-electron chi connectivity index (χ1n) is 3.18. The van der Waals surface area contributed by atoms with Crippen LogP contribution in [0.4, 0.5) is 0 Å². The van der Waals surface area contributed by atoms with E-state index in [1.54, 1.807) is 0 Å². The second kappa shape index (κ2) is 4.57. The lowest BCUT2D eigenvalue weighted by Gasteiger charge is -2.11. The molecule has 0 heterocycles. The molecule has 0 amide bonds. The summed E-state index contributed by atoms with van der Waals surface area (Å²) in [6.07, 6.45) is 1.02. The first-order chi connectivity index (χ1) is 4.57. The van der Waals surface area contributed by atoms with Gasteiger partial charge in [-0.3, -0.25) is 0 Å². The fourth-order valence-electron chi connectivity index (χ4n) is 0.397. The zero-order valence-electron chi connectivity index (χ0n) is 6.18. The maximum Gasteiger partial charge on any atom is 0.134 e. The van der Waals surface area contributed by atoms with E-state index in [0.29, 0.717) is 11.0 Å². The molecule has 0 aliphatic heterocycles. The summed E-state index contributed by atoms with van der Waals surface area (Å²) in [5.74, 6) is 0. The van der Waals surface area contributed by atoms with Gasteiger partial charge in [0.05, 0.1) is 0 Å². The van der Waals surface area contributed by atoms with Gasteiger partial charge in [0.2, 0.25) is 0 Å². The van der Waals surface area contributed by atoms with E-state index >= 15 is 0 Å². The highest BCUT2D eigenvalue weighted by Gasteiger charge is 2.02. The molecule has 0 aromatic carbocycles. The molecule has 0 spiro atoms. The highest BCUT2D eigenvalue weighted by atomic mass is 32.1. The van der Waals surface area contributed by atoms with Gasteiger partial charge in [-0.15, -0.1) is 0 Å². The van der Waals surface area contributed by atoms with Gasteiger partial charge >= 0.3 is 0 Å². The average molecular weight is 176 g/mol. The first-order valence-corrected chi connectivity index (χ1v) is 3.99. The lowest BCUT2D eigenvalue weighted by molar-refractivity contribution is 0.649. The van der Waals surface area contributed by atoms with Crippen LogP contribution in [0.1, 0.15) is 20.3 Å². The molecule has 1 unspecified atom stereocenters. The zero-order chi connectivity index (χ0) is 8.15. The summed E-state index contributed by atoms with van der Waals surface area (Å²) in [5.41, 5.74) is 5.27. The quantitative estimate of drug-likeness (QED) is 0.615. The van der Waals surface area contributed by atoms with Crippen molar-refractivity contribution in [1.82, 2.24) is 5.32 Å². The molecule has 10 heavy (non-hydrogen) atoms. The highest BCUT2D eigenvalue weighted by molar-refractivity contribution is 7.89. The predicted octanol–water partition coefficient (Wildman–Crippen LogP) is 0.988. The Hall–Kier alpha value is -0.220. The first kappa shape index (κ1) is 9.78. The minimum Gasteiger partial charge on any atom is -0.388 e. The Morgan fingerprint density at radius 2 is 2.10 bits per heavy atom. The topological polar surface area (TPSA) is 38.0 Å². The lowest BCUT2D eigenvalue weighted by atomic mass is 10.3. The number of thiocarbonyl (C=S) groups is 2. The van der Waals surface area contributed by atoms with Crippen molar-refractivity contribution in [2.45, 2.75) is 26.3 Å². The van der Waals surface area contributed by atoms with E-state index < -0.39 is 0 Å². The standard InChI is InChI=1S/C6H12N2S2/c1-3-4(2)8-6(10)5(7)9/h4H,3H2,1-2H3,(H2,7,9)(H,8,10). The number of hydrogen-bond acceptors (Lipinski definition) is 2. The van der Waals surface area contributed by atoms with Gasteiger partial charge in [-0.2, -0.15) is 0 Å². The van der Waals surface area contributed by atoms with Crippen LogP contribution in [0, 0.1) is 0 Å². The third-order valence-electron chi connectivity index (χ3n) is 1.21. The third kappa shape index (κ3) is 3.74. The summed E-state index contributed by atoms with van der Waals surface area (Å²) in [7, 11) is 0. The van der Waals surface area contributed by atoms with Crippen LogP contribution >= 0.6 is 24.4 Å². The molecule has 4 heteroatoms. The maximum atomic E-state index is 5.27. The van der Waals surface area contributed by atoms with E-state index in [9.17, 15) is 0 Å². The molecular weight excluding hydrogens is 164 g/mol. The Kier molecular flexibility index (Phi) is 4.47. The second-order valence-corrected chi connectivity index (χ2v) is 3.00. The van der Waals surface area contributed by atoms with Crippen LogP contribution in [0.5, 0.6) is 0 Å². The average Bonchev–Trinajstić information content (AvgIpc) is 1.87. The van der Waals surface area contributed by atoms with Crippen molar-refractivity contribution >= 4 is 34.4 Å². The van der Waals surface area contributed by atoms with E-state index in [-0.39, 0.29) is 4.99 Å². The Bertz CT molecular complexity index is 145. The predicted molar refractivity (Wildman–Crippen MR) is 52.3 cm³/mol. The number of nitrogens with two attached hydrogens (primary N) is 1. The van der Waals surface area contributed by atoms with Gasteiger partial charge in [-0.1, -0.05) is 31.4 Å².